The van der Waals surface area contributed by atoms with Crippen LogP contribution in [0.4, 0.5) is 0 Å². The van der Waals surface area contributed by atoms with Crippen LogP contribution >= 0.6 is 0 Å². The summed E-state index contributed by atoms with van der Waals surface area (Å²) in [7, 11) is 2.11. The number of hydrogen-bond donors (Lipinski definition) is 1. The maximum absolute atomic E-state index is 3.59. The molecule has 1 aliphatic rings. The minimum absolute atomic E-state index is 0.196. The van der Waals surface area contributed by atoms with Crippen molar-refractivity contribution in [1.29, 1.82) is 0 Å². The molecule has 1 unspecified atom stereocenters. The molecule has 2 nitrogen and oxygen atoms in total. The van der Waals surface area contributed by atoms with Gasteiger partial charge in [0.1, 0.15) is 0 Å². The Morgan fingerprint density at radius 1 is 1.10 bits per heavy atom. The third-order valence-electron chi connectivity index (χ3n) is 5.31. The second-order valence-electron chi connectivity index (χ2n) is 7.03. The summed E-state index contributed by atoms with van der Waals surface area (Å²) in [5.74, 6) is 0. The lowest BCUT2D eigenvalue weighted by Crippen LogP contribution is -2.58. The zero-order valence-electron chi connectivity index (χ0n) is 14.3. The quantitative estimate of drug-likeness (QED) is 0.887. The van der Waals surface area contributed by atoms with Gasteiger partial charge >= 0.3 is 0 Å². The van der Waals surface area contributed by atoms with Crippen LogP contribution in [0.25, 0.3) is 0 Å². The van der Waals surface area contributed by atoms with E-state index < -0.39 is 0 Å². The van der Waals surface area contributed by atoms with Gasteiger partial charge in [-0.25, -0.2) is 0 Å². The Labute approximate surface area is 130 Å². The maximum Gasteiger partial charge on any atom is 0.0309 e. The summed E-state index contributed by atoms with van der Waals surface area (Å²) in [6.45, 7) is 9.55. The predicted molar refractivity (Wildman–Crippen MR) is 91.9 cm³/mol. The molecule has 1 aromatic carbocycles. The minimum Gasteiger partial charge on any atom is -0.315 e. The van der Waals surface area contributed by atoms with Gasteiger partial charge < -0.3 is 5.32 Å². The molecule has 0 bridgehead atoms. The average molecular weight is 288 g/mol. The largest absolute Gasteiger partial charge is 0.315 e. The van der Waals surface area contributed by atoms with E-state index in [-0.39, 0.29) is 5.54 Å². The second-order valence-corrected chi connectivity index (χ2v) is 7.03. The summed E-state index contributed by atoms with van der Waals surface area (Å²) in [6.07, 6.45) is 6.60. The normalized spacial score (nSPS) is 19.2. The van der Waals surface area contributed by atoms with Crippen LogP contribution < -0.4 is 5.32 Å². The molecular weight excluding hydrogens is 256 g/mol. The standard InChI is InChI=1S/C19H32N2/c1-16-11-7-8-12-17(16)15-18(20-4)19(2,3)21-13-9-5-6-10-14-21/h7-8,11-12,18,20H,5-6,9-10,13-15H2,1-4H3. The van der Waals surface area contributed by atoms with E-state index in [2.05, 4.69) is 62.3 Å². The van der Waals surface area contributed by atoms with E-state index in [0.717, 1.165) is 6.42 Å². The molecule has 0 radical (unpaired) electrons. The Kier molecular flexibility index (Phi) is 5.83. The molecule has 1 N–H and O–H groups in total. The van der Waals surface area contributed by atoms with E-state index >= 15 is 0 Å². The number of benzene rings is 1. The molecular formula is C19H32N2. The number of likely N-dealkylation sites (tertiary alicyclic amines) is 1. The summed E-state index contributed by atoms with van der Waals surface area (Å²) < 4.78 is 0. The minimum atomic E-state index is 0.196. The zero-order chi connectivity index (χ0) is 15.3. The van der Waals surface area contributed by atoms with E-state index in [1.165, 1.54) is 49.9 Å². The highest BCUT2D eigenvalue weighted by atomic mass is 15.2. The Morgan fingerprint density at radius 3 is 2.29 bits per heavy atom. The van der Waals surface area contributed by atoms with Gasteiger partial charge in [0.05, 0.1) is 0 Å². The van der Waals surface area contributed by atoms with Crippen molar-refractivity contribution in [2.45, 2.75) is 64.5 Å². The van der Waals surface area contributed by atoms with Gasteiger partial charge in [0.25, 0.3) is 0 Å². The van der Waals surface area contributed by atoms with Crippen molar-refractivity contribution in [2.24, 2.45) is 0 Å². The molecule has 0 saturated carbocycles. The van der Waals surface area contributed by atoms with Crippen LogP contribution in [-0.4, -0.2) is 36.6 Å². The maximum atomic E-state index is 3.59. The fourth-order valence-corrected chi connectivity index (χ4v) is 3.63. The van der Waals surface area contributed by atoms with Crippen LogP contribution in [0.5, 0.6) is 0 Å². The van der Waals surface area contributed by atoms with Crippen molar-refractivity contribution in [1.82, 2.24) is 10.2 Å². The molecule has 1 aromatic rings. The molecule has 1 fully saturated rings. The first-order chi connectivity index (χ1) is 10.1. The Morgan fingerprint density at radius 2 is 1.71 bits per heavy atom. The third kappa shape index (κ3) is 4.08. The van der Waals surface area contributed by atoms with Gasteiger partial charge in [0.2, 0.25) is 0 Å². The first kappa shape index (κ1) is 16.5. The molecule has 1 aliphatic heterocycles. The molecule has 2 rings (SSSR count). The highest BCUT2D eigenvalue weighted by Gasteiger charge is 2.34. The molecule has 2 heteroatoms. The summed E-state index contributed by atoms with van der Waals surface area (Å²) >= 11 is 0. The first-order valence-corrected chi connectivity index (χ1v) is 8.52. The van der Waals surface area contributed by atoms with Crippen molar-refractivity contribution in [3.05, 3.63) is 35.4 Å². The van der Waals surface area contributed by atoms with Crippen molar-refractivity contribution in [2.75, 3.05) is 20.1 Å². The molecule has 1 saturated heterocycles. The fraction of sp³-hybridized carbons (Fsp3) is 0.684. The van der Waals surface area contributed by atoms with Gasteiger partial charge in [-0.2, -0.15) is 0 Å². The molecule has 1 atom stereocenters. The molecule has 0 aromatic heterocycles. The number of likely N-dealkylation sites (N-methyl/N-ethyl adjacent to an activating group) is 1. The summed E-state index contributed by atoms with van der Waals surface area (Å²) in [4.78, 5) is 2.71. The van der Waals surface area contributed by atoms with Crippen LogP contribution in [0, 0.1) is 6.92 Å². The van der Waals surface area contributed by atoms with Crippen LogP contribution in [0.3, 0.4) is 0 Å². The lowest BCUT2D eigenvalue weighted by atomic mass is 9.86. The van der Waals surface area contributed by atoms with Gasteiger partial charge in [0, 0.05) is 11.6 Å². The van der Waals surface area contributed by atoms with Crippen molar-refractivity contribution >= 4 is 0 Å². The van der Waals surface area contributed by atoms with Gasteiger partial charge in [0.15, 0.2) is 0 Å². The van der Waals surface area contributed by atoms with Crippen LogP contribution in [0.1, 0.15) is 50.7 Å². The number of nitrogens with zero attached hydrogens (tertiary/aromatic N) is 1. The number of nitrogens with one attached hydrogen (secondary N) is 1. The van der Waals surface area contributed by atoms with Gasteiger partial charge in [-0.15, -0.1) is 0 Å². The monoisotopic (exact) mass is 288 g/mol. The topological polar surface area (TPSA) is 15.3 Å². The van der Waals surface area contributed by atoms with E-state index in [0.29, 0.717) is 6.04 Å². The SMILES string of the molecule is CNC(Cc1ccccc1C)C(C)(C)N1CCCCCC1. The van der Waals surface area contributed by atoms with E-state index in [1.54, 1.807) is 0 Å². The summed E-state index contributed by atoms with van der Waals surface area (Å²) in [6, 6.07) is 9.28. The van der Waals surface area contributed by atoms with Crippen molar-refractivity contribution in [3.63, 3.8) is 0 Å². The number of hydrogen-bond acceptors (Lipinski definition) is 2. The molecule has 1 heterocycles. The number of aryl methyl sites for hydroxylation is 1. The van der Waals surface area contributed by atoms with E-state index in [1.807, 2.05) is 0 Å². The van der Waals surface area contributed by atoms with E-state index in [9.17, 15) is 0 Å². The van der Waals surface area contributed by atoms with Gasteiger partial charge in [-0.3, -0.25) is 4.90 Å². The molecule has 0 amide bonds. The second kappa shape index (κ2) is 7.42. The van der Waals surface area contributed by atoms with Crippen LogP contribution in [0.15, 0.2) is 24.3 Å². The van der Waals surface area contributed by atoms with Crippen LogP contribution in [0.2, 0.25) is 0 Å². The summed E-state index contributed by atoms with van der Waals surface area (Å²) in [5.41, 5.74) is 3.07. The van der Waals surface area contributed by atoms with Gasteiger partial charge in [-0.05, 0) is 71.3 Å². The van der Waals surface area contributed by atoms with Gasteiger partial charge in [-0.1, -0.05) is 37.1 Å². The Bertz CT molecular complexity index is 431. The average Bonchev–Trinajstić information content (AvgIpc) is 2.75. The highest BCUT2D eigenvalue weighted by Crippen LogP contribution is 2.26. The first-order valence-electron chi connectivity index (χ1n) is 8.52. The van der Waals surface area contributed by atoms with Crippen LogP contribution in [-0.2, 0) is 6.42 Å². The molecule has 0 aliphatic carbocycles. The fourth-order valence-electron chi connectivity index (χ4n) is 3.63. The Hall–Kier alpha value is -0.860. The summed E-state index contributed by atoms with van der Waals surface area (Å²) in [5, 5.41) is 3.59. The number of rotatable bonds is 5. The predicted octanol–water partition coefficient (Wildman–Crippen LogP) is 3.78. The van der Waals surface area contributed by atoms with Crippen molar-refractivity contribution in [3.8, 4) is 0 Å². The lowest BCUT2D eigenvalue weighted by molar-refractivity contribution is 0.0864. The Balaban J connectivity index is 2.12. The van der Waals surface area contributed by atoms with Crippen molar-refractivity contribution < 1.29 is 0 Å². The molecule has 21 heavy (non-hydrogen) atoms. The molecule has 118 valence electrons. The lowest BCUT2D eigenvalue weighted by Gasteiger charge is -2.44. The highest BCUT2D eigenvalue weighted by molar-refractivity contribution is 5.27. The zero-order valence-corrected chi connectivity index (χ0v) is 14.3. The smallest absolute Gasteiger partial charge is 0.0309 e. The molecule has 0 spiro atoms. The van der Waals surface area contributed by atoms with E-state index in [4.69, 9.17) is 0 Å². The third-order valence-corrected chi connectivity index (χ3v) is 5.31.